The molecule has 5 nitrogen and oxygen atoms in total. The van der Waals surface area contributed by atoms with Gasteiger partial charge in [-0.25, -0.2) is 0 Å². The second-order valence-corrected chi connectivity index (χ2v) is 10.1. The molecule has 1 saturated heterocycles. The molecule has 0 aromatic heterocycles. The molecule has 3 fully saturated rings. The molecule has 0 radical (unpaired) electrons. The van der Waals surface area contributed by atoms with Crippen LogP contribution in [-0.4, -0.2) is 68.3 Å². The van der Waals surface area contributed by atoms with E-state index >= 15 is 0 Å². The molecule has 1 heterocycles. The Hall–Kier alpha value is -0.200. The highest BCUT2D eigenvalue weighted by molar-refractivity contribution is 5.00. The van der Waals surface area contributed by atoms with Crippen LogP contribution in [0.2, 0.25) is 0 Å². The largest absolute Gasteiger partial charge is 0.429 e. The molecule has 1 aliphatic heterocycles. The summed E-state index contributed by atoms with van der Waals surface area (Å²) in [6.07, 6.45) is 9.75. The maximum absolute atomic E-state index is 6.41. The maximum Gasteiger partial charge on any atom is 0.158 e. The third-order valence-corrected chi connectivity index (χ3v) is 8.29. The molecule has 0 amide bonds. The quantitative estimate of drug-likeness (QED) is 0.362. The summed E-state index contributed by atoms with van der Waals surface area (Å²) in [4.78, 5) is 0. The minimum Gasteiger partial charge on any atom is -0.429 e. The van der Waals surface area contributed by atoms with Crippen molar-refractivity contribution in [2.24, 2.45) is 23.7 Å². The van der Waals surface area contributed by atoms with E-state index in [-0.39, 0.29) is 24.4 Å². The Kier molecular flexibility index (Phi) is 10.1. The van der Waals surface area contributed by atoms with Crippen LogP contribution in [0.5, 0.6) is 0 Å². The number of methoxy groups -OCH3 is 1. The van der Waals surface area contributed by atoms with Gasteiger partial charge in [0.05, 0.1) is 36.3 Å². The van der Waals surface area contributed by atoms with Gasteiger partial charge in [0.1, 0.15) is 0 Å². The topological polar surface area (TPSA) is 49.7 Å². The highest BCUT2D eigenvalue weighted by Gasteiger charge is 2.56. The maximum atomic E-state index is 6.41. The van der Waals surface area contributed by atoms with E-state index in [9.17, 15) is 0 Å². The molecular formula is C26H49O5+. The third kappa shape index (κ3) is 6.03. The Morgan fingerprint density at radius 2 is 1.29 bits per heavy atom. The number of aliphatic hydroxyl groups is 2. The van der Waals surface area contributed by atoms with Crippen LogP contribution in [0.25, 0.3) is 0 Å². The lowest BCUT2D eigenvalue weighted by molar-refractivity contribution is -0.132. The standard InChI is InChI=1S/C26H48O5/c1-7-10-13-30-21-12-11-19(14-22(21)27-6)20-15-23(28-8-2)25-17(4)31-18(5)26(25)24(16-20)29-9-3/h17-26H,7-16H2,1-6H3/p+1. The lowest BCUT2D eigenvalue weighted by Crippen LogP contribution is -2.40. The van der Waals surface area contributed by atoms with Gasteiger partial charge in [-0.3, -0.25) is 0 Å². The number of fused-ring (bicyclic) bond motifs is 1. The summed E-state index contributed by atoms with van der Waals surface area (Å²) in [5, 5.41) is 0. The van der Waals surface area contributed by atoms with Crippen LogP contribution >= 0.6 is 0 Å². The van der Waals surface area contributed by atoms with E-state index in [0.717, 1.165) is 51.9 Å². The van der Waals surface area contributed by atoms with E-state index in [1.807, 2.05) is 7.11 Å². The van der Waals surface area contributed by atoms with E-state index in [1.165, 1.54) is 12.8 Å². The van der Waals surface area contributed by atoms with Gasteiger partial charge in [0.25, 0.3) is 0 Å². The van der Waals surface area contributed by atoms with Gasteiger partial charge in [0.2, 0.25) is 0 Å². The zero-order valence-corrected chi connectivity index (χ0v) is 20.9. The first-order valence-electron chi connectivity index (χ1n) is 13.1. The number of hydrogen-bond acceptors (Lipinski definition) is 4. The van der Waals surface area contributed by atoms with Crippen molar-refractivity contribution in [2.45, 2.75) is 116 Å². The third-order valence-electron chi connectivity index (χ3n) is 8.29. The second-order valence-electron chi connectivity index (χ2n) is 10.1. The van der Waals surface area contributed by atoms with Gasteiger partial charge >= 0.3 is 0 Å². The summed E-state index contributed by atoms with van der Waals surface area (Å²) in [6.45, 7) is 13.5. The van der Waals surface area contributed by atoms with Crippen LogP contribution in [0, 0.1) is 23.7 Å². The first kappa shape index (κ1) is 25.4. The summed E-state index contributed by atoms with van der Waals surface area (Å²) in [5.74, 6) is 2.22. The first-order valence-corrected chi connectivity index (χ1v) is 13.1. The Labute approximate surface area is 190 Å². The zero-order valence-electron chi connectivity index (χ0n) is 20.9. The molecule has 5 heteroatoms. The van der Waals surface area contributed by atoms with Gasteiger partial charge in [-0.1, -0.05) is 13.3 Å². The van der Waals surface area contributed by atoms with Crippen LogP contribution in [0.15, 0.2) is 0 Å². The SMILES string of the molecule is CCCCOC1CCC(C2CC(OCC)C3C(C)[OH+]C(C)C3C(OCC)C2)CC1OC. The molecular weight excluding hydrogens is 392 g/mol. The van der Waals surface area contributed by atoms with E-state index in [0.29, 0.717) is 35.9 Å². The minimum atomic E-state index is 0.210. The fraction of sp³-hybridized carbons (Fsp3) is 1.00. The summed E-state index contributed by atoms with van der Waals surface area (Å²) < 4.78 is 30.0. The van der Waals surface area contributed by atoms with E-state index < -0.39 is 0 Å². The van der Waals surface area contributed by atoms with E-state index in [2.05, 4.69) is 34.6 Å². The number of hydrogen-bond donors (Lipinski definition) is 0. The number of rotatable bonds is 10. The predicted octanol–water partition coefficient (Wildman–Crippen LogP) is 4.76. The van der Waals surface area contributed by atoms with E-state index in [1.54, 1.807) is 0 Å². The van der Waals surface area contributed by atoms with Crippen molar-refractivity contribution < 1.29 is 23.7 Å². The average molecular weight is 442 g/mol. The van der Waals surface area contributed by atoms with Crippen molar-refractivity contribution in [3.05, 3.63) is 0 Å². The van der Waals surface area contributed by atoms with Crippen molar-refractivity contribution in [1.82, 2.24) is 0 Å². The van der Waals surface area contributed by atoms with Crippen molar-refractivity contribution >= 4 is 0 Å². The number of ether oxygens (including phenoxy) is 5. The average Bonchev–Trinajstić information content (AvgIpc) is 2.95. The smallest absolute Gasteiger partial charge is 0.158 e. The van der Waals surface area contributed by atoms with Crippen molar-refractivity contribution in [3.63, 3.8) is 0 Å². The van der Waals surface area contributed by atoms with Crippen LogP contribution in [0.4, 0.5) is 0 Å². The molecule has 1 N–H and O–H groups in total. The molecule has 2 aliphatic carbocycles. The Bertz CT molecular complexity index is 488. The zero-order chi connectivity index (χ0) is 22.4. The molecule has 3 aliphatic rings. The van der Waals surface area contributed by atoms with Crippen molar-refractivity contribution in [2.75, 3.05) is 26.9 Å². The number of unbranched alkanes of at least 4 members (excludes halogenated alkanes) is 1. The van der Waals surface area contributed by atoms with E-state index in [4.69, 9.17) is 23.7 Å². The molecule has 0 bridgehead atoms. The molecule has 9 atom stereocenters. The molecule has 9 unspecified atom stereocenters. The van der Waals surface area contributed by atoms with Gasteiger partial charge in [-0.05, 0) is 64.2 Å². The molecule has 31 heavy (non-hydrogen) atoms. The van der Waals surface area contributed by atoms with Crippen LogP contribution in [-0.2, 0) is 18.9 Å². The first-order chi connectivity index (χ1) is 15.0. The predicted molar refractivity (Wildman–Crippen MR) is 124 cm³/mol. The highest BCUT2D eigenvalue weighted by atomic mass is 16.5. The Morgan fingerprint density at radius 1 is 0.710 bits per heavy atom. The fourth-order valence-corrected chi connectivity index (χ4v) is 6.89. The molecule has 2 saturated carbocycles. The monoisotopic (exact) mass is 441 g/mol. The summed E-state index contributed by atoms with van der Waals surface area (Å²) in [6, 6.07) is 0. The van der Waals surface area contributed by atoms with Crippen molar-refractivity contribution in [3.8, 4) is 0 Å². The molecule has 3 rings (SSSR count). The fourth-order valence-electron chi connectivity index (χ4n) is 6.89. The normalized spacial score (nSPS) is 43.5. The molecule has 0 aromatic carbocycles. The summed E-state index contributed by atoms with van der Waals surface area (Å²) in [5.41, 5.74) is 0. The van der Waals surface area contributed by atoms with Crippen molar-refractivity contribution in [1.29, 1.82) is 0 Å². The van der Waals surface area contributed by atoms with Gasteiger partial charge in [0.15, 0.2) is 12.2 Å². The van der Waals surface area contributed by atoms with Crippen LogP contribution in [0.1, 0.15) is 79.6 Å². The van der Waals surface area contributed by atoms with Gasteiger partial charge in [-0.2, -0.15) is 0 Å². The highest BCUT2D eigenvalue weighted by Crippen LogP contribution is 2.48. The van der Waals surface area contributed by atoms with Crippen LogP contribution < -0.4 is 0 Å². The molecule has 0 aromatic rings. The van der Waals surface area contributed by atoms with Gasteiger partial charge < -0.3 is 23.7 Å². The lowest BCUT2D eigenvalue weighted by Gasteiger charge is -2.39. The lowest BCUT2D eigenvalue weighted by atomic mass is 9.74. The Balaban J connectivity index is 1.74. The summed E-state index contributed by atoms with van der Waals surface area (Å²) in [7, 11) is 1.86. The molecule has 182 valence electrons. The van der Waals surface area contributed by atoms with Gasteiger partial charge in [0, 0.05) is 40.8 Å². The second kappa shape index (κ2) is 12.3. The molecule has 0 spiro atoms. The van der Waals surface area contributed by atoms with Gasteiger partial charge in [-0.15, -0.1) is 0 Å². The Morgan fingerprint density at radius 3 is 1.81 bits per heavy atom. The van der Waals surface area contributed by atoms with Crippen LogP contribution in [0.3, 0.4) is 0 Å². The minimum absolute atomic E-state index is 0.210. The summed E-state index contributed by atoms with van der Waals surface area (Å²) >= 11 is 0.